The van der Waals surface area contributed by atoms with Crippen molar-refractivity contribution in [3.8, 4) is 0 Å². The van der Waals surface area contributed by atoms with Gasteiger partial charge in [-0.05, 0) is 30.2 Å². The molecule has 15 heavy (non-hydrogen) atoms. The Morgan fingerprint density at radius 3 is 3.00 bits per heavy atom. The predicted octanol–water partition coefficient (Wildman–Crippen LogP) is 2.27. The van der Waals surface area contributed by atoms with Crippen LogP contribution in [0.25, 0.3) is 0 Å². The Bertz CT molecular complexity index is 409. The molecule has 2 aromatic heterocycles. The summed E-state index contributed by atoms with van der Waals surface area (Å²) >= 11 is 0. The van der Waals surface area contributed by atoms with Crippen molar-refractivity contribution >= 4 is 0 Å². The molecule has 0 saturated heterocycles. The van der Waals surface area contributed by atoms with Gasteiger partial charge in [0.15, 0.2) is 0 Å². The summed E-state index contributed by atoms with van der Waals surface area (Å²) in [5.41, 5.74) is 3.67. The van der Waals surface area contributed by atoms with Crippen LogP contribution in [-0.4, -0.2) is 4.98 Å². The molecule has 0 spiro atoms. The summed E-state index contributed by atoms with van der Waals surface area (Å²) in [6, 6.07) is 4.00. The van der Waals surface area contributed by atoms with E-state index in [1.165, 1.54) is 16.7 Å². The fourth-order valence-corrected chi connectivity index (χ4v) is 1.44. The maximum Gasteiger partial charge on any atom is 0.0947 e. The lowest BCUT2D eigenvalue weighted by molar-refractivity contribution is 0.560. The topological polar surface area (TPSA) is 38.1 Å². The average molecular weight is 202 g/mol. The molecule has 0 aliphatic rings. The van der Waals surface area contributed by atoms with Crippen LogP contribution in [0, 0.1) is 6.92 Å². The summed E-state index contributed by atoms with van der Waals surface area (Å²) in [4.78, 5) is 4.06. The number of pyridine rings is 1. The zero-order chi connectivity index (χ0) is 10.5. The molecular weight excluding hydrogens is 188 g/mol. The number of rotatable bonds is 4. The molecule has 78 valence electrons. The molecule has 0 aliphatic carbocycles. The standard InChI is InChI=1S/C12H14N2O/c1-10-6-13-4-2-12(10)8-14-7-11-3-5-15-9-11/h2-6,9,14H,7-8H2,1H3. The minimum Gasteiger partial charge on any atom is -0.472 e. The van der Waals surface area contributed by atoms with Crippen LogP contribution >= 0.6 is 0 Å². The molecule has 0 unspecified atom stereocenters. The maximum atomic E-state index is 4.99. The summed E-state index contributed by atoms with van der Waals surface area (Å²) in [7, 11) is 0. The van der Waals surface area contributed by atoms with Gasteiger partial charge in [-0.2, -0.15) is 0 Å². The third-order valence-corrected chi connectivity index (χ3v) is 2.36. The molecule has 2 rings (SSSR count). The van der Waals surface area contributed by atoms with Crippen LogP contribution < -0.4 is 5.32 Å². The van der Waals surface area contributed by atoms with E-state index in [0.29, 0.717) is 0 Å². The number of aromatic nitrogens is 1. The third kappa shape index (κ3) is 2.67. The van der Waals surface area contributed by atoms with Crippen LogP contribution in [0.3, 0.4) is 0 Å². The van der Waals surface area contributed by atoms with Gasteiger partial charge in [-0.15, -0.1) is 0 Å². The molecule has 0 fully saturated rings. The van der Waals surface area contributed by atoms with E-state index in [1.807, 2.05) is 24.5 Å². The van der Waals surface area contributed by atoms with Crippen molar-refractivity contribution in [1.29, 1.82) is 0 Å². The summed E-state index contributed by atoms with van der Waals surface area (Å²) in [6.07, 6.45) is 7.15. The summed E-state index contributed by atoms with van der Waals surface area (Å²) in [5, 5.41) is 3.36. The van der Waals surface area contributed by atoms with E-state index < -0.39 is 0 Å². The smallest absolute Gasteiger partial charge is 0.0947 e. The molecule has 3 nitrogen and oxygen atoms in total. The largest absolute Gasteiger partial charge is 0.472 e. The molecule has 2 aromatic rings. The van der Waals surface area contributed by atoms with Gasteiger partial charge in [0.2, 0.25) is 0 Å². The molecular formula is C12H14N2O. The van der Waals surface area contributed by atoms with Crippen molar-refractivity contribution in [2.24, 2.45) is 0 Å². The lowest BCUT2D eigenvalue weighted by Crippen LogP contribution is -2.13. The number of aryl methyl sites for hydroxylation is 1. The van der Waals surface area contributed by atoms with Gasteiger partial charge in [0.05, 0.1) is 12.5 Å². The number of furan rings is 1. The van der Waals surface area contributed by atoms with Gasteiger partial charge >= 0.3 is 0 Å². The lowest BCUT2D eigenvalue weighted by Gasteiger charge is -2.05. The molecule has 1 N–H and O–H groups in total. The van der Waals surface area contributed by atoms with Crippen LogP contribution in [-0.2, 0) is 13.1 Å². The number of hydrogen-bond acceptors (Lipinski definition) is 3. The minimum atomic E-state index is 0.832. The molecule has 0 amide bonds. The van der Waals surface area contributed by atoms with Crippen LogP contribution in [0.1, 0.15) is 16.7 Å². The first-order valence-corrected chi connectivity index (χ1v) is 4.97. The van der Waals surface area contributed by atoms with Crippen LogP contribution in [0.2, 0.25) is 0 Å². The second-order valence-corrected chi connectivity index (χ2v) is 3.54. The zero-order valence-electron chi connectivity index (χ0n) is 8.73. The van der Waals surface area contributed by atoms with E-state index in [2.05, 4.69) is 17.2 Å². The molecule has 0 atom stereocenters. The first-order valence-electron chi connectivity index (χ1n) is 4.97. The van der Waals surface area contributed by atoms with Crippen LogP contribution in [0.4, 0.5) is 0 Å². The summed E-state index contributed by atoms with van der Waals surface area (Å²) < 4.78 is 4.99. The Kier molecular flexibility index (Phi) is 3.15. The Labute approximate surface area is 89.1 Å². The first-order chi connectivity index (χ1) is 7.36. The van der Waals surface area contributed by atoms with Crippen LogP contribution in [0.5, 0.6) is 0 Å². The van der Waals surface area contributed by atoms with Gasteiger partial charge in [0.1, 0.15) is 0 Å². The van der Waals surface area contributed by atoms with E-state index in [4.69, 9.17) is 4.42 Å². The maximum absolute atomic E-state index is 4.99. The molecule has 0 saturated carbocycles. The second-order valence-electron chi connectivity index (χ2n) is 3.54. The van der Waals surface area contributed by atoms with E-state index in [9.17, 15) is 0 Å². The highest BCUT2D eigenvalue weighted by Crippen LogP contribution is 2.05. The normalized spacial score (nSPS) is 10.5. The first kappa shape index (κ1) is 9.93. The van der Waals surface area contributed by atoms with Gasteiger partial charge in [-0.25, -0.2) is 0 Å². The fraction of sp³-hybridized carbons (Fsp3) is 0.250. The number of hydrogen-bond donors (Lipinski definition) is 1. The van der Waals surface area contributed by atoms with Crippen molar-refractivity contribution in [2.75, 3.05) is 0 Å². The molecule has 0 aliphatic heterocycles. The van der Waals surface area contributed by atoms with E-state index in [0.717, 1.165) is 13.1 Å². The van der Waals surface area contributed by atoms with Crippen molar-refractivity contribution in [3.63, 3.8) is 0 Å². The summed E-state index contributed by atoms with van der Waals surface area (Å²) in [6.45, 7) is 3.76. The average Bonchev–Trinajstić information content (AvgIpc) is 2.74. The molecule has 2 heterocycles. The fourth-order valence-electron chi connectivity index (χ4n) is 1.44. The Morgan fingerprint density at radius 2 is 2.27 bits per heavy atom. The molecule has 0 radical (unpaired) electrons. The highest BCUT2D eigenvalue weighted by atomic mass is 16.3. The van der Waals surface area contributed by atoms with Crippen LogP contribution in [0.15, 0.2) is 41.5 Å². The monoisotopic (exact) mass is 202 g/mol. The van der Waals surface area contributed by atoms with E-state index >= 15 is 0 Å². The molecule has 0 bridgehead atoms. The molecule has 3 heteroatoms. The van der Waals surface area contributed by atoms with Gasteiger partial charge in [-0.3, -0.25) is 4.98 Å². The van der Waals surface area contributed by atoms with Gasteiger partial charge in [-0.1, -0.05) is 0 Å². The number of nitrogens with zero attached hydrogens (tertiary/aromatic N) is 1. The third-order valence-electron chi connectivity index (χ3n) is 2.36. The van der Waals surface area contributed by atoms with Gasteiger partial charge in [0.25, 0.3) is 0 Å². The van der Waals surface area contributed by atoms with Gasteiger partial charge < -0.3 is 9.73 Å². The second kappa shape index (κ2) is 4.75. The van der Waals surface area contributed by atoms with Crippen molar-refractivity contribution in [1.82, 2.24) is 10.3 Å². The predicted molar refractivity (Wildman–Crippen MR) is 58.2 cm³/mol. The van der Waals surface area contributed by atoms with Crippen molar-refractivity contribution < 1.29 is 4.42 Å². The van der Waals surface area contributed by atoms with Crippen molar-refractivity contribution in [2.45, 2.75) is 20.0 Å². The van der Waals surface area contributed by atoms with E-state index in [-0.39, 0.29) is 0 Å². The Hall–Kier alpha value is -1.61. The number of nitrogens with one attached hydrogen (secondary N) is 1. The lowest BCUT2D eigenvalue weighted by atomic mass is 10.1. The SMILES string of the molecule is Cc1cnccc1CNCc1ccoc1. The Balaban J connectivity index is 1.86. The highest BCUT2D eigenvalue weighted by Gasteiger charge is 1.97. The van der Waals surface area contributed by atoms with Crippen molar-refractivity contribution in [3.05, 3.63) is 53.7 Å². The zero-order valence-corrected chi connectivity index (χ0v) is 8.73. The minimum absolute atomic E-state index is 0.832. The quantitative estimate of drug-likeness (QED) is 0.826. The van der Waals surface area contributed by atoms with E-state index in [1.54, 1.807) is 12.5 Å². The highest BCUT2D eigenvalue weighted by molar-refractivity contribution is 5.21. The Morgan fingerprint density at radius 1 is 1.33 bits per heavy atom. The summed E-state index contributed by atoms with van der Waals surface area (Å²) in [5.74, 6) is 0. The van der Waals surface area contributed by atoms with Gasteiger partial charge in [0, 0.05) is 31.0 Å². The molecule has 0 aromatic carbocycles.